The molecule has 0 saturated heterocycles. The van der Waals surface area contributed by atoms with Gasteiger partial charge in [0.1, 0.15) is 0 Å². The van der Waals surface area contributed by atoms with Gasteiger partial charge in [-0.1, -0.05) is 12.2 Å². The first-order valence-corrected chi connectivity index (χ1v) is 3.26. The lowest BCUT2D eigenvalue weighted by atomic mass is 10.1. The fraction of sp³-hybridized carbons (Fsp3) is 0.571. The number of hydrogen-bond acceptors (Lipinski definition) is 3. The normalized spacial score (nSPS) is 30.6. The van der Waals surface area contributed by atoms with Crippen molar-refractivity contribution in [3.63, 3.8) is 0 Å². The number of hydrogen-bond donors (Lipinski definition) is 1. The van der Waals surface area contributed by atoms with E-state index in [4.69, 9.17) is 5.73 Å². The topological polar surface area (TPSA) is 52.3 Å². The summed E-state index contributed by atoms with van der Waals surface area (Å²) in [6, 6.07) is 0.0316. The highest BCUT2D eigenvalue weighted by molar-refractivity contribution is 5.75. The van der Waals surface area contributed by atoms with Gasteiger partial charge in [0, 0.05) is 6.04 Å². The third-order valence-corrected chi connectivity index (χ3v) is 1.62. The highest BCUT2D eigenvalue weighted by Gasteiger charge is 2.22. The van der Waals surface area contributed by atoms with Gasteiger partial charge >= 0.3 is 5.97 Å². The van der Waals surface area contributed by atoms with Gasteiger partial charge in [-0.25, -0.2) is 0 Å². The predicted octanol–water partition coefficient (Wildman–Crippen LogP) is 0.0628. The molecule has 10 heavy (non-hydrogen) atoms. The van der Waals surface area contributed by atoms with Gasteiger partial charge in [0.2, 0.25) is 0 Å². The zero-order chi connectivity index (χ0) is 7.56. The fourth-order valence-electron chi connectivity index (χ4n) is 1.05. The Morgan fingerprint density at radius 2 is 2.40 bits per heavy atom. The molecular weight excluding hydrogens is 130 g/mol. The minimum Gasteiger partial charge on any atom is -0.469 e. The van der Waals surface area contributed by atoms with Crippen LogP contribution in [0.3, 0.4) is 0 Å². The van der Waals surface area contributed by atoms with Gasteiger partial charge in [-0.15, -0.1) is 0 Å². The summed E-state index contributed by atoms with van der Waals surface area (Å²) in [6.07, 6.45) is 4.32. The highest BCUT2D eigenvalue weighted by Crippen LogP contribution is 2.16. The summed E-state index contributed by atoms with van der Waals surface area (Å²) in [5, 5.41) is 0. The molecule has 3 heteroatoms. The van der Waals surface area contributed by atoms with Gasteiger partial charge in [-0.05, 0) is 6.42 Å². The van der Waals surface area contributed by atoms with Gasteiger partial charge < -0.3 is 10.5 Å². The number of rotatable bonds is 1. The molecule has 1 unspecified atom stereocenters. The first-order chi connectivity index (χ1) is 4.74. The maximum Gasteiger partial charge on any atom is 0.312 e. The first-order valence-electron chi connectivity index (χ1n) is 3.26. The lowest BCUT2D eigenvalue weighted by Gasteiger charge is -2.04. The van der Waals surface area contributed by atoms with Gasteiger partial charge in [-0.2, -0.15) is 0 Å². The SMILES string of the molecule is COC(=O)C1C=C[C@H](N)C1. The highest BCUT2D eigenvalue weighted by atomic mass is 16.5. The van der Waals surface area contributed by atoms with E-state index >= 15 is 0 Å². The maximum atomic E-state index is 10.8. The lowest BCUT2D eigenvalue weighted by Crippen LogP contribution is -2.19. The van der Waals surface area contributed by atoms with Gasteiger partial charge in [0.25, 0.3) is 0 Å². The molecule has 0 heterocycles. The smallest absolute Gasteiger partial charge is 0.312 e. The van der Waals surface area contributed by atoms with Crippen molar-refractivity contribution in [1.29, 1.82) is 0 Å². The third kappa shape index (κ3) is 1.36. The fourth-order valence-corrected chi connectivity index (χ4v) is 1.05. The second-order valence-corrected chi connectivity index (χ2v) is 2.41. The Hall–Kier alpha value is -0.830. The van der Waals surface area contributed by atoms with Crippen LogP contribution in [0.4, 0.5) is 0 Å². The Balaban J connectivity index is 2.46. The summed E-state index contributed by atoms with van der Waals surface area (Å²) in [4.78, 5) is 10.8. The number of ether oxygens (including phenoxy) is 1. The Morgan fingerprint density at radius 3 is 2.80 bits per heavy atom. The molecule has 0 radical (unpaired) electrons. The molecular formula is C7H11NO2. The molecule has 0 spiro atoms. The van der Waals surface area contributed by atoms with Crippen molar-refractivity contribution < 1.29 is 9.53 Å². The number of methoxy groups -OCH3 is 1. The van der Waals surface area contributed by atoms with Crippen molar-refractivity contribution in [2.45, 2.75) is 12.5 Å². The van der Waals surface area contributed by atoms with E-state index in [0.717, 1.165) is 0 Å². The van der Waals surface area contributed by atoms with Crippen LogP contribution in [-0.2, 0) is 9.53 Å². The van der Waals surface area contributed by atoms with Crippen molar-refractivity contribution in [2.75, 3.05) is 7.11 Å². The number of carbonyl (C=O) groups excluding carboxylic acids is 1. The molecule has 56 valence electrons. The maximum absolute atomic E-state index is 10.8. The standard InChI is InChI=1S/C7H11NO2/c1-10-7(9)5-2-3-6(8)4-5/h2-3,5-6H,4,8H2,1H3/t5?,6-/m0/s1. The Labute approximate surface area is 59.8 Å². The van der Waals surface area contributed by atoms with Crippen LogP contribution in [-0.4, -0.2) is 19.1 Å². The molecule has 0 saturated carbocycles. The largest absolute Gasteiger partial charge is 0.469 e. The molecule has 1 rings (SSSR count). The third-order valence-electron chi connectivity index (χ3n) is 1.62. The molecule has 3 nitrogen and oxygen atoms in total. The zero-order valence-corrected chi connectivity index (χ0v) is 5.91. The van der Waals surface area contributed by atoms with Crippen LogP contribution in [0.2, 0.25) is 0 Å². The Morgan fingerprint density at radius 1 is 1.70 bits per heavy atom. The zero-order valence-electron chi connectivity index (χ0n) is 5.91. The van der Waals surface area contributed by atoms with Crippen molar-refractivity contribution in [3.05, 3.63) is 12.2 Å². The van der Waals surface area contributed by atoms with Gasteiger partial charge in [-0.3, -0.25) is 4.79 Å². The Kier molecular flexibility index (Phi) is 2.06. The van der Waals surface area contributed by atoms with Crippen LogP contribution in [0, 0.1) is 5.92 Å². The number of carbonyl (C=O) groups is 1. The van der Waals surface area contributed by atoms with E-state index in [9.17, 15) is 4.79 Å². The molecule has 0 aromatic rings. The molecule has 1 aliphatic carbocycles. The first kappa shape index (κ1) is 7.28. The summed E-state index contributed by atoms with van der Waals surface area (Å²) >= 11 is 0. The number of nitrogens with two attached hydrogens (primary N) is 1. The van der Waals surface area contributed by atoms with E-state index in [0.29, 0.717) is 6.42 Å². The van der Waals surface area contributed by atoms with Gasteiger partial charge in [0.05, 0.1) is 13.0 Å². The summed E-state index contributed by atoms with van der Waals surface area (Å²) in [7, 11) is 1.39. The molecule has 2 atom stereocenters. The average Bonchev–Trinajstić information content (AvgIpc) is 2.34. The van der Waals surface area contributed by atoms with E-state index in [1.54, 1.807) is 6.08 Å². The van der Waals surface area contributed by atoms with E-state index < -0.39 is 0 Å². The molecule has 2 N–H and O–H groups in total. The van der Waals surface area contributed by atoms with Crippen molar-refractivity contribution in [1.82, 2.24) is 0 Å². The van der Waals surface area contributed by atoms with Crippen LogP contribution >= 0.6 is 0 Å². The monoisotopic (exact) mass is 141 g/mol. The minimum atomic E-state index is -0.191. The molecule has 0 aliphatic heterocycles. The van der Waals surface area contributed by atoms with Crippen molar-refractivity contribution >= 4 is 5.97 Å². The summed E-state index contributed by atoms with van der Waals surface area (Å²) in [5.74, 6) is -0.302. The van der Waals surface area contributed by atoms with Crippen LogP contribution in [0.5, 0.6) is 0 Å². The van der Waals surface area contributed by atoms with E-state index in [-0.39, 0.29) is 17.9 Å². The number of esters is 1. The minimum absolute atomic E-state index is 0.0316. The molecule has 0 fully saturated rings. The van der Waals surface area contributed by atoms with Gasteiger partial charge in [0.15, 0.2) is 0 Å². The second-order valence-electron chi connectivity index (χ2n) is 2.41. The van der Waals surface area contributed by atoms with Crippen LogP contribution in [0.25, 0.3) is 0 Å². The van der Waals surface area contributed by atoms with E-state index in [1.165, 1.54) is 7.11 Å². The van der Waals surface area contributed by atoms with E-state index in [1.807, 2.05) is 6.08 Å². The summed E-state index contributed by atoms with van der Waals surface area (Å²) in [5.41, 5.74) is 5.52. The second kappa shape index (κ2) is 2.84. The summed E-state index contributed by atoms with van der Waals surface area (Å²) in [6.45, 7) is 0. The quantitative estimate of drug-likeness (QED) is 0.415. The molecule has 1 aliphatic rings. The Bertz CT molecular complexity index is 165. The van der Waals surface area contributed by atoms with E-state index in [2.05, 4.69) is 4.74 Å². The van der Waals surface area contributed by atoms with Crippen LogP contribution in [0.15, 0.2) is 12.2 Å². The lowest BCUT2D eigenvalue weighted by molar-refractivity contribution is -0.143. The molecule has 0 amide bonds. The molecule has 0 aromatic heterocycles. The van der Waals surface area contributed by atoms with Crippen molar-refractivity contribution in [2.24, 2.45) is 11.7 Å². The summed E-state index contributed by atoms with van der Waals surface area (Å²) < 4.78 is 4.54. The average molecular weight is 141 g/mol. The molecule has 0 bridgehead atoms. The van der Waals surface area contributed by atoms with Crippen molar-refractivity contribution in [3.8, 4) is 0 Å². The van der Waals surface area contributed by atoms with Crippen LogP contribution < -0.4 is 5.73 Å². The molecule has 0 aromatic carbocycles. The predicted molar refractivity (Wildman–Crippen MR) is 37.2 cm³/mol. The van der Waals surface area contributed by atoms with Crippen LogP contribution in [0.1, 0.15) is 6.42 Å².